The Morgan fingerprint density at radius 3 is 2.29 bits per heavy atom. The Morgan fingerprint density at radius 2 is 1.79 bits per heavy atom. The summed E-state index contributed by atoms with van der Waals surface area (Å²) in [6.45, 7) is 4.22. The van der Waals surface area contributed by atoms with E-state index in [9.17, 15) is 0 Å². The van der Waals surface area contributed by atoms with Crippen LogP contribution in [0, 0.1) is 17.4 Å². The fraction of sp³-hybridized carbons (Fsp3) is 0.182. The maximum absolute atomic E-state index is 4.02. The van der Waals surface area contributed by atoms with E-state index in [4.69, 9.17) is 0 Å². The zero-order chi connectivity index (χ0) is 10.1. The first-order valence-corrected chi connectivity index (χ1v) is 5.52. The van der Waals surface area contributed by atoms with Gasteiger partial charge in [-0.25, -0.2) is 0 Å². The monoisotopic (exact) mass is 298 g/mol. The number of aryl methyl sites for hydroxylation is 2. The van der Waals surface area contributed by atoms with Crippen molar-refractivity contribution < 1.29 is 0 Å². The number of nitrogens with one attached hydrogen (secondary N) is 1. The Balaban J connectivity index is 2.57. The zero-order valence-electron chi connectivity index (χ0n) is 8.13. The van der Waals surface area contributed by atoms with Crippen LogP contribution in [0.3, 0.4) is 0 Å². The van der Waals surface area contributed by atoms with Crippen molar-refractivity contribution in [2.24, 2.45) is 0 Å². The lowest BCUT2D eigenvalue weighted by Crippen LogP contribution is -1.84. The maximum Gasteiger partial charge on any atom is 0.0784 e. The van der Waals surface area contributed by atoms with Crippen molar-refractivity contribution in [1.29, 1.82) is 0 Å². The van der Waals surface area contributed by atoms with Gasteiger partial charge in [0.25, 0.3) is 0 Å². The topological polar surface area (TPSA) is 28.7 Å². The summed E-state index contributed by atoms with van der Waals surface area (Å²) in [6, 6.07) is 6.51. The molecule has 0 fully saturated rings. The van der Waals surface area contributed by atoms with Gasteiger partial charge in [0.1, 0.15) is 0 Å². The molecule has 14 heavy (non-hydrogen) atoms. The summed E-state index contributed by atoms with van der Waals surface area (Å²) in [4.78, 5) is 0. The van der Waals surface area contributed by atoms with E-state index >= 15 is 0 Å². The fourth-order valence-corrected chi connectivity index (χ4v) is 2.16. The van der Waals surface area contributed by atoms with Gasteiger partial charge in [0.15, 0.2) is 0 Å². The molecule has 0 aliphatic carbocycles. The SMILES string of the molecule is Cc1cc(C)cc(-c2[nH]ncc2I)c1. The third-order valence-corrected chi connectivity index (χ3v) is 2.92. The van der Waals surface area contributed by atoms with Crippen LogP contribution in [0.2, 0.25) is 0 Å². The highest BCUT2D eigenvalue weighted by molar-refractivity contribution is 14.1. The lowest BCUT2D eigenvalue weighted by atomic mass is 10.1. The average Bonchev–Trinajstić information content (AvgIpc) is 2.49. The van der Waals surface area contributed by atoms with Gasteiger partial charge in [-0.2, -0.15) is 5.10 Å². The quantitative estimate of drug-likeness (QED) is 0.804. The summed E-state index contributed by atoms with van der Waals surface area (Å²) < 4.78 is 1.16. The van der Waals surface area contributed by atoms with Crippen molar-refractivity contribution in [1.82, 2.24) is 10.2 Å². The van der Waals surface area contributed by atoms with E-state index in [1.807, 2.05) is 6.20 Å². The summed E-state index contributed by atoms with van der Waals surface area (Å²) in [5, 5.41) is 7.04. The molecule has 1 aromatic carbocycles. The van der Waals surface area contributed by atoms with Gasteiger partial charge < -0.3 is 0 Å². The summed E-state index contributed by atoms with van der Waals surface area (Å²) in [7, 11) is 0. The summed E-state index contributed by atoms with van der Waals surface area (Å²) in [5.74, 6) is 0. The van der Waals surface area contributed by atoms with E-state index in [-0.39, 0.29) is 0 Å². The van der Waals surface area contributed by atoms with Gasteiger partial charge in [0, 0.05) is 5.56 Å². The highest BCUT2D eigenvalue weighted by atomic mass is 127. The number of aromatic nitrogens is 2. The molecule has 0 spiro atoms. The third-order valence-electron chi connectivity index (χ3n) is 2.10. The normalized spacial score (nSPS) is 10.5. The molecule has 1 aromatic heterocycles. The first-order chi connectivity index (χ1) is 6.66. The minimum atomic E-state index is 1.11. The number of aromatic amines is 1. The molecule has 0 saturated heterocycles. The first kappa shape index (κ1) is 9.71. The van der Waals surface area contributed by atoms with E-state index in [1.54, 1.807) is 0 Å². The van der Waals surface area contributed by atoms with Gasteiger partial charge in [-0.3, -0.25) is 5.10 Å². The maximum atomic E-state index is 4.02. The van der Waals surface area contributed by atoms with Crippen molar-refractivity contribution in [3.8, 4) is 11.3 Å². The Kier molecular flexibility index (Phi) is 2.58. The highest BCUT2D eigenvalue weighted by Crippen LogP contribution is 2.24. The molecule has 0 saturated carbocycles. The molecular weight excluding hydrogens is 287 g/mol. The lowest BCUT2D eigenvalue weighted by Gasteiger charge is -2.02. The molecule has 2 rings (SSSR count). The Bertz CT molecular complexity index is 440. The van der Waals surface area contributed by atoms with Gasteiger partial charge in [-0.15, -0.1) is 0 Å². The number of halogens is 1. The smallest absolute Gasteiger partial charge is 0.0784 e. The van der Waals surface area contributed by atoms with Crippen LogP contribution < -0.4 is 0 Å². The van der Waals surface area contributed by atoms with E-state index in [2.05, 4.69) is 64.8 Å². The van der Waals surface area contributed by atoms with Crippen LogP contribution in [0.1, 0.15) is 11.1 Å². The van der Waals surface area contributed by atoms with Crippen LogP contribution in [0.4, 0.5) is 0 Å². The van der Waals surface area contributed by atoms with Crippen LogP contribution in [-0.2, 0) is 0 Å². The molecule has 1 N–H and O–H groups in total. The molecule has 0 aliphatic rings. The van der Waals surface area contributed by atoms with Crippen molar-refractivity contribution in [2.75, 3.05) is 0 Å². The van der Waals surface area contributed by atoms with E-state index < -0.39 is 0 Å². The average molecular weight is 298 g/mol. The Morgan fingerprint density at radius 1 is 1.14 bits per heavy atom. The van der Waals surface area contributed by atoms with Crippen LogP contribution in [0.15, 0.2) is 24.4 Å². The molecule has 2 aromatic rings. The van der Waals surface area contributed by atoms with E-state index in [1.165, 1.54) is 16.7 Å². The number of rotatable bonds is 1. The van der Waals surface area contributed by atoms with Gasteiger partial charge in [0.05, 0.1) is 15.5 Å². The van der Waals surface area contributed by atoms with Crippen molar-refractivity contribution in [3.63, 3.8) is 0 Å². The van der Waals surface area contributed by atoms with Crippen LogP contribution in [-0.4, -0.2) is 10.2 Å². The van der Waals surface area contributed by atoms with Crippen LogP contribution in [0.25, 0.3) is 11.3 Å². The summed E-state index contributed by atoms with van der Waals surface area (Å²) in [5.41, 5.74) is 4.89. The van der Waals surface area contributed by atoms with Crippen molar-refractivity contribution in [2.45, 2.75) is 13.8 Å². The van der Waals surface area contributed by atoms with Gasteiger partial charge in [-0.1, -0.05) is 17.2 Å². The molecule has 3 heteroatoms. The van der Waals surface area contributed by atoms with Crippen LogP contribution >= 0.6 is 22.6 Å². The van der Waals surface area contributed by atoms with Crippen molar-refractivity contribution in [3.05, 3.63) is 39.1 Å². The molecule has 0 bridgehead atoms. The number of hydrogen-bond acceptors (Lipinski definition) is 1. The standard InChI is InChI=1S/C11H11IN2/c1-7-3-8(2)5-9(4-7)11-10(12)6-13-14-11/h3-6H,1-2H3,(H,13,14). The molecule has 0 atom stereocenters. The van der Waals surface area contributed by atoms with Gasteiger partial charge >= 0.3 is 0 Å². The van der Waals surface area contributed by atoms with E-state index in [0.717, 1.165) is 9.26 Å². The Labute approximate surface area is 96.9 Å². The largest absolute Gasteiger partial charge is 0.277 e. The highest BCUT2D eigenvalue weighted by Gasteiger charge is 2.05. The predicted octanol–water partition coefficient (Wildman–Crippen LogP) is 3.30. The molecule has 0 radical (unpaired) electrons. The number of H-pyrrole nitrogens is 1. The van der Waals surface area contributed by atoms with E-state index in [0.29, 0.717) is 0 Å². The molecular formula is C11H11IN2. The second-order valence-corrected chi connectivity index (χ2v) is 4.63. The molecule has 1 heterocycles. The van der Waals surface area contributed by atoms with Crippen LogP contribution in [0.5, 0.6) is 0 Å². The number of nitrogens with zero attached hydrogens (tertiary/aromatic N) is 1. The fourth-order valence-electron chi connectivity index (χ4n) is 1.59. The summed E-state index contributed by atoms with van der Waals surface area (Å²) in [6.07, 6.45) is 1.84. The first-order valence-electron chi connectivity index (χ1n) is 4.44. The van der Waals surface area contributed by atoms with Crippen molar-refractivity contribution >= 4 is 22.6 Å². The molecule has 0 unspecified atom stereocenters. The lowest BCUT2D eigenvalue weighted by molar-refractivity contribution is 1.09. The molecule has 2 nitrogen and oxygen atoms in total. The minimum absolute atomic E-state index is 1.11. The number of benzene rings is 1. The molecule has 72 valence electrons. The predicted molar refractivity (Wildman–Crippen MR) is 66.2 cm³/mol. The molecule has 0 aliphatic heterocycles. The van der Waals surface area contributed by atoms with Gasteiger partial charge in [0.2, 0.25) is 0 Å². The summed E-state index contributed by atoms with van der Waals surface area (Å²) >= 11 is 2.29. The zero-order valence-corrected chi connectivity index (χ0v) is 10.3. The second-order valence-electron chi connectivity index (χ2n) is 3.47. The Hall–Kier alpha value is -0.840. The second kappa shape index (κ2) is 3.73. The minimum Gasteiger partial charge on any atom is -0.277 e. The third kappa shape index (κ3) is 1.82. The number of hydrogen-bond donors (Lipinski definition) is 1. The van der Waals surface area contributed by atoms with Gasteiger partial charge in [-0.05, 0) is 48.6 Å². The molecule has 0 amide bonds.